The van der Waals surface area contributed by atoms with Gasteiger partial charge in [-0.1, -0.05) is 0 Å². The largest absolute Gasteiger partial charge is 0.497 e. The van der Waals surface area contributed by atoms with Gasteiger partial charge in [-0.3, -0.25) is 9.79 Å². The number of hydrogen-bond acceptors (Lipinski definition) is 5. The Balaban J connectivity index is 0.00000320. The normalized spacial score (nSPS) is 14.1. The molecule has 1 heterocycles. The molecule has 0 atom stereocenters. The third-order valence-electron chi connectivity index (χ3n) is 4.87. The number of hydrogen-bond donors (Lipinski definition) is 3. The summed E-state index contributed by atoms with van der Waals surface area (Å²) in [4.78, 5) is 15.3. The molecule has 8 nitrogen and oxygen atoms in total. The van der Waals surface area contributed by atoms with Crippen molar-refractivity contribution in [3.63, 3.8) is 0 Å². The number of aliphatic imine (C=N–C) groups is 1. The van der Waals surface area contributed by atoms with Crippen LogP contribution >= 0.6 is 24.0 Å². The van der Waals surface area contributed by atoms with E-state index >= 15 is 0 Å². The Morgan fingerprint density at radius 2 is 1.93 bits per heavy atom. The van der Waals surface area contributed by atoms with Crippen LogP contribution in [0, 0.1) is 0 Å². The molecular weight excluding hydrogens is 499 g/mol. The summed E-state index contributed by atoms with van der Waals surface area (Å²) in [5, 5.41) is 6.42. The highest BCUT2D eigenvalue weighted by atomic mass is 127. The van der Waals surface area contributed by atoms with Crippen molar-refractivity contribution in [2.75, 3.05) is 14.2 Å². The molecule has 1 aromatic heterocycles. The molecule has 0 unspecified atom stereocenters. The lowest BCUT2D eigenvalue weighted by Gasteiger charge is -2.18. The molecule has 1 saturated carbocycles. The molecule has 1 aliphatic rings. The van der Waals surface area contributed by atoms with Gasteiger partial charge in [-0.15, -0.1) is 24.0 Å². The zero-order valence-electron chi connectivity index (χ0n) is 17.3. The van der Waals surface area contributed by atoms with Crippen LogP contribution in [-0.2, 0) is 13.1 Å². The molecule has 4 N–H and O–H groups in total. The average molecular weight is 528 g/mol. The fourth-order valence-electron chi connectivity index (χ4n) is 3.28. The van der Waals surface area contributed by atoms with Crippen molar-refractivity contribution in [1.29, 1.82) is 0 Å². The summed E-state index contributed by atoms with van der Waals surface area (Å²) in [7, 11) is 3.34. The minimum Gasteiger partial charge on any atom is -0.497 e. The number of benzene rings is 1. The number of rotatable bonds is 8. The number of amides is 1. The Morgan fingerprint density at radius 3 is 2.57 bits per heavy atom. The maximum atomic E-state index is 11.1. The summed E-state index contributed by atoms with van der Waals surface area (Å²) in [6, 6.07) is 9.11. The fourth-order valence-corrected chi connectivity index (χ4v) is 3.28. The second-order valence-corrected chi connectivity index (χ2v) is 6.91. The molecule has 1 aliphatic carbocycles. The van der Waals surface area contributed by atoms with Gasteiger partial charge in [-0.25, -0.2) is 0 Å². The molecule has 0 radical (unpaired) electrons. The summed E-state index contributed by atoms with van der Waals surface area (Å²) in [6.45, 7) is 0.914. The van der Waals surface area contributed by atoms with Gasteiger partial charge in [0.25, 0.3) is 5.91 Å². The molecule has 30 heavy (non-hydrogen) atoms. The Kier molecular flexibility index (Phi) is 9.28. The number of halogens is 1. The maximum absolute atomic E-state index is 11.1. The Hall–Kier alpha value is -2.43. The van der Waals surface area contributed by atoms with Crippen molar-refractivity contribution in [3.8, 4) is 11.5 Å². The van der Waals surface area contributed by atoms with Crippen LogP contribution in [0.5, 0.6) is 11.5 Å². The maximum Gasteiger partial charge on any atom is 0.284 e. The minimum atomic E-state index is -0.590. The van der Waals surface area contributed by atoms with E-state index in [9.17, 15) is 4.79 Å². The number of nitrogens with zero attached hydrogens (tertiary/aromatic N) is 1. The molecule has 1 fully saturated rings. The van der Waals surface area contributed by atoms with Gasteiger partial charge < -0.3 is 30.3 Å². The summed E-state index contributed by atoms with van der Waals surface area (Å²) in [5.41, 5.74) is 6.23. The van der Waals surface area contributed by atoms with Gasteiger partial charge in [0.05, 0.1) is 19.8 Å². The van der Waals surface area contributed by atoms with Crippen LogP contribution in [0.25, 0.3) is 0 Å². The van der Waals surface area contributed by atoms with E-state index in [1.54, 1.807) is 26.3 Å². The van der Waals surface area contributed by atoms with E-state index in [1.165, 1.54) is 12.8 Å². The van der Waals surface area contributed by atoms with Crippen LogP contribution in [0.3, 0.4) is 0 Å². The molecule has 3 rings (SSSR count). The zero-order chi connectivity index (χ0) is 20.6. The lowest BCUT2D eigenvalue weighted by molar-refractivity contribution is 0.0972. The molecule has 0 aliphatic heterocycles. The summed E-state index contributed by atoms with van der Waals surface area (Å²) in [5.74, 6) is 2.34. The van der Waals surface area contributed by atoms with Gasteiger partial charge >= 0.3 is 0 Å². The number of ether oxygens (including phenoxy) is 2. The van der Waals surface area contributed by atoms with E-state index in [-0.39, 0.29) is 35.8 Å². The van der Waals surface area contributed by atoms with Crippen LogP contribution in [0.1, 0.15) is 47.6 Å². The SMILES string of the molecule is CN=C(NCc1ccc(C(N)=O)o1)NCc1ccc(OC)cc1OC1CCCC1.I. The van der Waals surface area contributed by atoms with Crippen LogP contribution in [0.4, 0.5) is 0 Å². The van der Waals surface area contributed by atoms with Gasteiger partial charge in [-0.2, -0.15) is 0 Å². The van der Waals surface area contributed by atoms with Gasteiger partial charge in [0.2, 0.25) is 0 Å². The van der Waals surface area contributed by atoms with Crippen LogP contribution in [-0.4, -0.2) is 32.1 Å². The molecule has 0 saturated heterocycles. The number of methoxy groups -OCH3 is 1. The Bertz CT molecular complexity index is 862. The first-order chi connectivity index (χ1) is 14.1. The van der Waals surface area contributed by atoms with E-state index in [0.29, 0.717) is 24.8 Å². The number of guanidine groups is 1. The van der Waals surface area contributed by atoms with Crippen molar-refractivity contribution < 1.29 is 18.7 Å². The van der Waals surface area contributed by atoms with Crippen molar-refractivity contribution in [1.82, 2.24) is 10.6 Å². The Morgan fingerprint density at radius 1 is 1.20 bits per heavy atom. The van der Waals surface area contributed by atoms with Gasteiger partial charge in [-0.05, 0) is 49.9 Å². The van der Waals surface area contributed by atoms with E-state index in [0.717, 1.165) is 29.9 Å². The molecular formula is C21H29IN4O4. The molecule has 1 aromatic carbocycles. The number of primary amides is 1. The molecule has 2 aromatic rings. The van der Waals surface area contributed by atoms with E-state index in [1.807, 2.05) is 18.2 Å². The fraction of sp³-hybridized carbons (Fsp3) is 0.429. The van der Waals surface area contributed by atoms with Crippen LogP contribution < -0.4 is 25.8 Å². The monoisotopic (exact) mass is 528 g/mol. The summed E-state index contributed by atoms with van der Waals surface area (Å²) < 4.78 is 16.9. The minimum absolute atomic E-state index is 0. The van der Waals surface area contributed by atoms with Crippen molar-refractivity contribution in [2.24, 2.45) is 10.7 Å². The first-order valence-electron chi connectivity index (χ1n) is 9.75. The number of nitrogens with two attached hydrogens (primary N) is 1. The standard InChI is InChI=1S/C21H28N4O4.HI/c1-23-21(25-13-17-9-10-18(29-17)20(22)26)24-12-14-7-8-16(27-2)11-19(14)28-15-5-3-4-6-15;/h7-11,15H,3-6,12-13H2,1-2H3,(H2,22,26)(H2,23,24,25);1H. The first kappa shape index (κ1) is 23.8. The van der Waals surface area contributed by atoms with E-state index in [4.69, 9.17) is 19.6 Å². The number of carbonyl (C=O) groups excluding carboxylic acids is 1. The predicted molar refractivity (Wildman–Crippen MR) is 126 cm³/mol. The quantitative estimate of drug-likeness (QED) is 0.276. The highest BCUT2D eigenvalue weighted by Gasteiger charge is 2.18. The Labute approximate surface area is 193 Å². The lowest BCUT2D eigenvalue weighted by Crippen LogP contribution is -2.36. The van der Waals surface area contributed by atoms with Gasteiger partial charge in [0.1, 0.15) is 17.3 Å². The summed E-state index contributed by atoms with van der Waals surface area (Å²) in [6.07, 6.45) is 4.86. The van der Waals surface area contributed by atoms with Crippen molar-refractivity contribution in [2.45, 2.75) is 44.9 Å². The van der Waals surface area contributed by atoms with Crippen molar-refractivity contribution in [3.05, 3.63) is 47.4 Å². The first-order valence-corrected chi connectivity index (χ1v) is 9.75. The van der Waals surface area contributed by atoms with Crippen LogP contribution in [0.15, 0.2) is 39.7 Å². The molecule has 0 spiro atoms. The number of carbonyl (C=O) groups is 1. The van der Waals surface area contributed by atoms with Gasteiger partial charge in [0, 0.05) is 25.2 Å². The number of furan rings is 1. The van der Waals surface area contributed by atoms with Crippen molar-refractivity contribution >= 4 is 35.8 Å². The topological polar surface area (TPSA) is 111 Å². The lowest BCUT2D eigenvalue weighted by atomic mass is 10.2. The highest BCUT2D eigenvalue weighted by molar-refractivity contribution is 14.0. The second kappa shape index (κ2) is 11.7. The predicted octanol–water partition coefficient (Wildman–Crippen LogP) is 3.19. The third kappa shape index (κ3) is 6.54. The smallest absolute Gasteiger partial charge is 0.284 e. The van der Waals surface area contributed by atoms with Gasteiger partial charge in [0.15, 0.2) is 11.7 Å². The molecule has 9 heteroatoms. The number of nitrogens with one attached hydrogen (secondary N) is 2. The van der Waals surface area contributed by atoms with Crippen LogP contribution in [0.2, 0.25) is 0 Å². The average Bonchev–Trinajstić information content (AvgIpc) is 3.41. The summed E-state index contributed by atoms with van der Waals surface area (Å²) >= 11 is 0. The molecule has 0 bridgehead atoms. The second-order valence-electron chi connectivity index (χ2n) is 6.91. The van der Waals surface area contributed by atoms with E-state index < -0.39 is 5.91 Å². The third-order valence-corrected chi connectivity index (χ3v) is 4.87. The van der Waals surface area contributed by atoms with E-state index in [2.05, 4.69) is 15.6 Å². The highest BCUT2D eigenvalue weighted by Crippen LogP contribution is 2.30. The molecule has 1 amide bonds. The molecule has 164 valence electrons. The zero-order valence-corrected chi connectivity index (χ0v) is 19.6.